The molecule has 0 aromatic heterocycles. The Hall–Kier alpha value is -3.35. The van der Waals surface area contributed by atoms with Gasteiger partial charge in [-0.15, -0.1) is 0 Å². The third kappa shape index (κ3) is 4.79. The molecule has 1 atom stereocenters. The first-order valence-electron chi connectivity index (χ1n) is 9.85. The van der Waals surface area contributed by atoms with E-state index in [9.17, 15) is 14.4 Å². The molecule has 0 spiro atoms. The maximum atomic E-state index is 12.9. The number of rotatable bonds is 7. The monoisotopic (exact) mass is 409 g/mol. The lowest BCUT2D eigenvalue weighted by atomic mass is 9.93. The van der Waals surface area contributed by atoms with E-state index in [0.29, 0.717) is 18.5 Å². The average molecular weight is 409 g/mol. The van der Waals surface area contributed by atoms with E-state index < -0.39 is 23.4 Å². The third-order valence-corrected chi connectivity index (χ3v) is 5.23. The van der Waals surface area contributed by atoms with Gasteiger partial charge in [0.15, 0.2) is 0 Å². The number of nitrogens with one attached hydrogen (secondary N) is 2. The van der Waals surface area contributed by atoms with E-state index in [2.05, 4.69) is 10.6 Å². The summed E-state index contributed by atoms with van der Waals surface area (Å²) in [5.74, 6) is -0.0457. The minimum absolute atomic E-state index is 0.324. The lowest BCUT2D eigenvalue weighted by molar-refractivity contribution is -0.133. The highest BCUT2D eigenvalue weighted by molar-refractivity contribution is 6.09. The molecule has 30 heavy (non-hydrogen) atoms. The number of imide groups is 1. The van der Waals surface area contributed by atoms with Gasteiger partial charge >= 0.3 is 6.03 Å². The highest BCUT2D eigenvalue weighted by Gasteiger charge is 2.47. The van der Waals surface area contributed by atoms with Crippen molar-refractivity contribution < 1.29 is 19.1 Å². The number of ether oxygens (including phenoxy) is 1. The van der Waals surface area contributed by atoms with E-state index in [4.69, 9.17) is 4.74 Å². The lowest BCUT2D eigenvalue weighted by Crippen LogP contribution is -2.45. The molecule has 1 aliphatic rings. The van der Waals surface area contributed by atoms with Gasteiger partial charge in [-0.05, 0) is 74.6 Å². The maximum absolute atomic E-state index is 12.9. The zero-order valence-corrected chi connectivity index (χ0v) is 17.7. The number of nitrogens with zero attached hydrogens (tertiary/aromatic N) is 1. The molecule has 0 bridgehead atoms. The van der Waals surface area contributed by atoms with E-state index in [1.807, 2.05) is 56.3 Å². The van der Waals surface area contributed by atoms with E-state index in [1.54, 1.807) is 14.0 Å². The van der Waals surface area contributed by atoms with Gasteiger partial charge in [0.05, 0.1) is 7.11 Å². The summed E-state index contributed by atoms with van der Waals surface area (Å²) in [5, 5.41) is 5.51. The Morgan fingerprint density at radius 2 is 1.73 bits per heavy atom. The number of carbonyl (C=O) groups is 3. The molecule has 1 aliphatic heterocycles. The fourth-order valence-electron chi connectivity index (χ4n) is 3.64. The molecule has 0 radical (unpaired) electrons. The summed E-state index contributed by atoms with van der Waals surface area (Å²) >= 11 is 0. The summed E-state index contributed by atoms with van der Waals surface area (Å²) in [4.78, 5) is 38.7. The molecule has 0 unspecified atom stereocenters. The van der Waals surface area contributed by atoms with Gasteiger partial charge in [0.25, 0.3) is 5.91 Å². The molecule has 4 amide bonds. The van der Waals surface area contributed by atoms with Crippen LogP contribution in [0.2, 0.25) is 0 Å². The van der Waals surface area contributed by atoms with Crippen molar-refractivity contribution >= 4 is 23.5 Å². The first kappa shape index (κ1) is 21.4. The van der Waals surface area contributed by atoms with Gasteiger partial charge < -0.3 is 15.4 Å². The Balaban J connectivity index is 1.61. The first-order valence-corrected chi connectivity index (χ1v) is 9.85. The number of methoxy groups -OCH3 is 1. The van der Waals surface area contributed by atoms with Crippen LogP contribution in [0.25, 0.3) is 0 Å². The second kappa shape index (κ2) is 8.57. The fraction of sp³-hybridized carbons (Fsp3) is 0.348. The number of hydrogen-bond acceptors (Lipinski definition) is 4. The molecule has 7 nitrogen and oxygen atoms in total. The molecule has 158 valence electrons. The minimum Gasteiger partial charge on any atom is -0.497 e. The van der Waals surface area contributed by atoms with Crippen molar-refractivity contribution in [2.75, 3.05) is 19.0 Å². The molecular formula is C23H27N3O4. The van der Waals surface area contributed by atoms with Crippen LogP contribution in [0, 0.1) is 13.8 Å². The van der Waals surface area contributed by atoms with Gasteiger partial charge in [0.2, 0.25) is 5.91 Å². The fourth-order valence-corrected chi connectivity index (χ4v) is 3.64. The number of aryl methyl sites for hydroxylation is 3. The van der Waals surface area contributed by atoms with Crippen molar-refractivity contribution in [3.8, 4) is 5.75 Å². The molecule has 1 saturated heterocycles. The topological polar surface area (TPSA) is 87.7 Å². The van der Waals surface area contributed by atoms with E-state index >= 15 is 0 Å². The molecular weight excluding hydrogens is 382 g/mol. The van der Waals surface area contributed by atoms with E-state index in [-0.39, 0.29) is 6.54 Å². The number of anilines is 1. The van der Waals surface area contributed by atoms with Crippen molar-refractivity contribution in [1.29, 1.82) is 0 Å². The summed E-state index contributed by atoms with van der Waals surface area (Å²) < 4.78 is 5.15. The largest absolute Gasteiger partial charge is 0.497 e. The standard InChI is InChI=1S/C23H27N3O4/c1-15-11-16(2)13-18(12-15)24-20(27)14-26-21(28)23(3,25-22(26)29)10-9-17-5-7-19(30-4)8-6-17/h5-8,11-13H,9-10,14H2,1-4H3,(H,24,27)(H,25,29)/t23-/m0/s1. The average Bonchev–Trinajstić information content (AvgIpc) is 2.89. The van der Waals surface area contributed by atoms with Crippen molar-refractivity contribution in [2.45, 2.75) is 39.2 Å². The lowest BCUT2D eigenvalue weighted by Gasteiger charge is -2.21. The normalized spacial score (nSPS) is 18.3. The molecule has 0 saturated carbocycles. The van der Waals surface area contributed by atoms with E-state index in [0.717, 1.165) is 27.3 Å². The molecule has 2 aromatic carbocycles. The molecule has 3 rings (SSSR count). The van der Waals surface area contributed by atoms with Crippen molar-refractivity contribution in [3.05, 3.63) is 59.2 Å². The Labute approximate surface area is 176 Å². The Morgan fingerprint density at radius 1 is 1.10 bits per heavy atom. The van der Waals surface area contributed by atoms with E-state index in [1.165, 1.54) is 0 Å². The highest BCUT2D eigenvalue weighted by Crippen LogP contribution is 2.24. The van der Waals surface area contributed by atoms with Gasteiger partial charge in [-0.2, -0.15) is 0 Å². The molecule has 7 heteroatoms. The third-order valence-electron chi connectivity index (χ3n) is 5.23. The molecule has 0 aliphatic carbocycles. The summed E-state index contributed by atoms with van der Waals surface area (Å²) in [6.07, 6.45) is 1.04. The van der Waals surface area contributed by atoms with Crippen LogP contribution in [0.4, 0.5) is 10.5 Å². The van der Waals surface area contributed by atoms with Crippen LogP contribution in [0.5, 0.6) is 5.75 Å². The number of carbonyl (C=O) groups excluding carboxylic acids is 3. The second-order valence-electron chi connectivity index (χ2n) is 7.93. The molecule has 2 aromatic rings. The molecule has 2 N–H and O–H groups in total. The van der Waals surface area contributed by atoms with Crippen molar-refractivity contribution in [2.24, 2.45) is 0 Å². The van der Waals surface area contributed by atoms with Gasteiger partial charge in [0.1, 0.15) is 17.8 Å². The SMILES string of the molecule is COc1ccc(CC[C@]2(C)NC(=O)N(CC(=O)Nc3cc(C)cc(C)c3)C2=O)cc1. The zero-order valence-electron chi connectivity index (χ0n) is 17.7. The smallest absolute Gasteiger partial charge is 0.325 e. The zero-order chi connectivity index (χ0) is 21.9. The predicted octanol–water partition coefficient (Wildman–Crippen LogP) is 3.19. The number of urea groups is 1. The quantitative estimate of drug-likeness (QED) is 0.688. The van der Waals surface area contributed by atoms with Crippen LogP contribution >= 0.6 is 0 Å². The van der Waals surface area contributed by atoms with Crippen molar-refractivity contribution in [1.82, 2.24) is 10.2 Å². The number of amides is 4. The van der Waals surface area contributed by atoms with Crippen LogP contribution in [-0.4, -0.2) is 41.9 Å². The second-order valence-corrected chi connectivity index (χ2v) is 7.93. The number of hydrogen-bond donors (Lipinski definition) is 2. The molecule has 1 heterocycles. The van der Waals surface area contributed by atoms with Gasteiger partial charge in [0, 0.05) is 5.69 Å². The predicted molar refractivity (Wildman–Crippen MR) is 115 cm³/mol. The van der Waals surface area contributed by atoms with Gasteiger partial charge in [-0.3, -0.25) is 14.5 Å². The Morgan fingerprint density at radius 3 is 2.33 bits per heavy atom. The highest BCUT2D eigenvalue weighted by atomic mass is 16.5. The summed E-state index contributed by atoms with van der Waals surface area (Å²) in [7, 11) is 1.60. The Kier molecular flexibility index (Phi) is 6.10. The van der Waals surface area contributed by atoms with Crippen molar-refractivity contribution in [3.63, 3.8) is 0 Å². The Bertz CT molecular complexity index is 951. The first-order chi connectivity index (χ1) is 14.2. The van der Waals surface area contributed by atoms with Crippen LogP contribution in [0.1, 0.15) is 30.0 Å². The summed E-state index contributed by atoms with van der Waals surface area (Å²) in [6, 6.07) is 12.7. The summed E-state index contributed by atoms with van der Waals surface area (Å²) in [5.41, 5.74) is 2.67. The number of benzene rings is 2. The van der Waals surface area contributed by atoms with Crippen LogP contribution in [0.3, 0.4) is 0 Å². The summed E-state index contributed by atoms with van der Waals surface area (Å²) in [6.45, 7) is 5.25. The van der Waals surface area contributed by atoms with Gasteiger partial charge in [-0.1, -0.05) is 18.2 Å². The van der Waals surface area contributed by atoms with Crippen LogP contribution in [0.15, 0.2) is 42.5 Å². The van der Waals surface area contributed by atoms with Gasteiger partial charge in [-0.25, -0.2) is 4.79 Å². The minimum atomic E-state index is -1.04. The molecule has 1 fully saturated rings. The van der Waals surface area contributed by atoms with Crippen LogP contribution < -0.4 is 15.4 Å². The maximum Gasteiger partial charge on any atom is 0.325 e. The van der Waals surface area contributed by atoms with Crippen LogP contribution in [-0.2, 0) is 16.0 Å².